The smallest absolute Gasteiger partial charge is 0.333 e. The monoisotopic (exact) mass is 400 g/mol. The number of carbonyl (C=O) groups excluding carboxylic acids is 2. The molecule has 28 heavy (non-hydrogen) atoms. The molecule has 0 saturated heterocycles. The Morgan fingerprint density at radius 3 is 2.14 bits per heavy atom. The maximum Gasteiger partial charge on any atom is 0.333 e. The Morgan fingerprint density at radius 2 is 1.64 bits per heavy atom. The summed E-state index contributed by atoms with van der Waals surface area (Å²) in [5.74, 6) is -0.472. The first kappa shape index (κ1) is 21.8. The maximum absolute atomic E-state index is 13.5. The van der Waals surface area contributed by atoms with Crippen LogP contribution in [0.2, 0.25) is 0 Å². The Bertz CT molecular complexity index is 924. The van der Waals surface area contributed by atoms with E-state index >= 15 is 0 Å². The molecule has 0 aliphatic rings. The second kappa shape index (κ2) is 9.13. The molecule has 0 N–H and O–H groups in total. The van der Waals surface area contributed by atoms with Crippen molar-refractivity contribution >= 4 is 24.2 Å². The lowest BCUT2D eigenvalue weighted by Gasteiger charge is -2.20. The van der Waals surface area contributed by atoms with Crippen molar-refractivity contribution in [3.8, 4) is 0 Å². The highest BCUT2D eigenvalue weighted by atomic mass is 31.2. The summed E-state index contributed by atoms with van der Waals surface area (Å²) in [6.07, 6.45) is 0. The van der Waals surface area contributed by atoms with Crippen molar-refractivity contribution in [2.45, 2.75) is 34.3 Å². The molecule has 0 saturated carbocycles. The van der Waals surface area contributed by atoms with Crippen LogP contribution in [0.25, 0.3) is 0 Å². The molecule has 2 rings (SSSR count). The second-order valence-corrected chi connectivity index (χ2v) is 8.85. The Kier molecular flexibility index (Phi) is 7.11. The molecule has 148 valence electrons. The van der Waals surface area contributed by atoms with Crippen LogP contribution in [-0.2, 0) is 25.2 Å². The SMILES string of the molecule is C=C(C)C(=O)OCc1cc(C)c(C(=O)P(=O)(OCC)c2ccccc2)c(C)c1. The van der Waals surface area contributed by atoms with Gasteiger partial charge in [0.05, 0.1) is 6.61 Å². The van der Waals surface area contributed by atoms with Crippen LogP contribution in [0.3, 0.4) is 0 Å². The minimum atomic E-state index is -3.73. The molecule has 0 aromatic heterocycles. The third-order valence-electron chi connectivity index (χ3n) is 4.20. The van der Waals surface area contributed by atoms with Crippen LogP contribution < -0.4 is 5.30 Å². The number of rotatable bonds is 8. The van der Waals surface area contributed by atoms with Gasteiger partial charge in [-0.15, -0.1) is 0 Å². The van der Waals surface area contributed by atoms with Gasteiger partial charge in [-0.2, -0.15) is 0 Å². The summed E-state index contributed by atoms with van der Waals surface area (Å²) < 4.78 is 24.2. The summed E-state index contributed by atoms with van der Waals surface area (Å²) in [5, 5.41) is 0.375. The highest BCUT2D eigenvalue weighted by Crippen LogP contribution is 2.49. The van der Waals surface area contributed by atoms with Gasteiger partial charge in [0.1, 0.15) is 6.61 Å². The summed E-state index contributed by atoms with van der Waals surface area (Å²) >= 11 is 0. The van der Waals surface area contributed by atoms with Crippen molar-refractivity contribution in [2.24, 2.45) is 0 Å². The number of benzene rings is 2. The fourth-order valence-corrected chi connectivity index (χ4v) is 5.03. The van der Waals surface area contributed by atoms with Gasteiger partial charge in [-0.25, -0.2) is 4.79 Å². The van der Waals surface area contributed by atoms with Crippen molar-refractivity contribution in [2.75, 3.05) is 6.61 Å². The number of aryl methyl sites for hydroxylation is 2. The van der Waals surface area contributed by atoms with Crippen LogP contribution in [0.1, 0.15) is 40.9 Å². The van der Waals surface area contributed by atoms with Gasteiger partial charge in [0.15, 0.2) is 0 Å². The minimum Gasteiger partial charge on any atom is -0.457 e. The summed E-state index contributed by atoms with van der Waals surface area (Å²) in [6.45, 7) is 10.6. The van der Waals surface area contributed by atoms with Crippen molar-refractivity contribution in [1.82, 2.24) is 0 Å². The molecule has 0 amide bonds. The third kappa shape index (κ3) is 4.67. The molecule has 0 radical (unpaired) electrons. The summed E-state index contributed by atoms with van der Waals surface area (Å²) in [7, 11) is -3.73. The lowest BCUT2D eigenvalue weighted by Crippen LogP contribution is -2.17. The Hall–Kier alpha value is -2.49. The normalized spacial score (nSPS) is 12.9. The second-order valence-electron chi connectivity index (χ2n) is 6.57. The van der Waals surface area contributed by atoms with Gasteiger partial charge in [0, 0.05) is 16.4 Å². The lowest BCUT2D eigenvalue weighted by atomic mass is 10.0. The molecule has 2 aromatic carbocycles. The van der Waals surface area contributed by atoms with E-state index in [9.17, 15) is 14.2 Å². The number of hydrogen-bond acceptors (Lipinski definition) is 5. The number of ether oxygens (including phenoxy) is 1. The number of esters is 1. The van der Waals surface area contributed by atoms with E-state index in [4.69, 9.17) is 9.26 Å². The predicted octanol–water partition coefficient (Wildman–Crippen LogP) is 4.70. The van der Waals surface area contributed by atoms with Crippen LogP contribution in [0.4, 0.5) is 0 Å². The molecule has 6 heteroatoms. The van der Waals surface area contributed by atoms with E-state index in [1.54, 1.807) is 70.2 Å². The molecule has 2 aromatic rings. The van der Waals surface area contributed by atoms with E-state index in [2.05, 4.69) is 6.58 Å². The van der Waals surface area contributed by atoms with Crippen molar-refractivity contribution in [3.05, 3.63) is 76.9 Å². The average Bonchev–Trinajstić information content (AvgIpc) is 2.66. The highest BCUT2D eigenvalue weighted by Gasteiger charge is 2.37. The van der Waals surface area contributed by atoms with E-state index in [0.717, 1.165) is 5.56 Å². The highest BCUT2D eigenvalue weighted by molar-refractivity contribution is 7.83. The fourth-order valence-electron chi connectivity index (χ4n) is 2.95. The zero-order chi connectivity index (χ0) is 20.9. The standard InChI is InChI=1S/C22H25O5P/c1-6-27-28(25,19-10-8-7-9-11-19)22(24)20-16(4)12-18(13-17(20)5)14-26-21(23)15(2)3/h7-13H,2,6,14H2,1,3-5H3. The Balaban J connectivity index is 2.40. The van der Waals surface area contributed by atoms with Gasteiger partial charge < -0.3 is 9.26 Å². The van der Waals surface area contributed by atoms with Crippen LogP contribution in [0, 0.1) is 13.8 Å². The van der Waals surface area contributed by atoms with Gasteiger partial charge in [0.25, 0.3) is 5.52 Å². The van der Waals surface area contributed by atoms with Gasteiger partial charge in [-0.1, -0.05) is 36.9 Å². The molecule has 0 aliphatic carbocycles. The van der Waals surface area contributed by atoms with Gasteiger partial charge in [-0.3, -0.25) is 9.36 Å². The predicted molar refractivity (Wildman–Crippen MR) is 110 cm³/mol. The lowest BCUT2D eigenvalue weighted by molar-refractivity contribution is -0.140. The van der Waals surface area contributed by atoms with Crippen LogP contribution in [0.15, 0.2) is 54.6 Å². The molecule has 0 fully saturated rings. The van der Waals surface area contributed by atoms with Gasteiger partial charge >= 0.3 is 13.3 Å². The largest absolute Gasteiger partial charge is 0.457 e. The maximum atomic E-state index is 13.5. The van der Waals surface area contributed by atoms with Crippen molar-refractivity contribution in [3.63, 3.8) is 0 Å². The molecule has 1 atom stereocenters. The average molecular weight is 400 g/mol. The van der Waals surface area contributed by atoms with Gasteiger partial charge in [-0.05, 0) is 56.5 Å². The van der Waals surface area contributed by atoms with Crippen LogP contribution >= 0.6 is 7.37 Å². The van der Waals surface area contributed by atoms with Crippen LogP contribution in [-0.4, -0.2) is 18.1 Å². The number of carbonyl (C=O) groups is 2. The first-order valence-electron chi connectivity index (χ1n) is 8.98. The zero-order valence-electron chi connectivity index (χ0n) is 16.7. The molecule has 0 aliphatic heterocycles. The molecule has 0 heterocycles. The summed E-state index contributed by atoms with van der Waals surface area (Å²) in [4.78, 5) is 24.9. The molecule has 1 unspecified atom stereocenters. The molecule has 5 nitrogen and oxygen atoms in total. The minimum absolute atomic E-state index is 0.0731. The topological polar surface area (TPSA) is 69.7 Å². The van der Waals surface area contributed by atoms with Crippen molar-refractivity contribution in [1.29, 1.82) is 0 Å². The molecular formula is C22H25O5P. The van der Waals surface area contributed by atoms with Gasteiger partial charge in [0.2, 0.25) is 0 Å². The van der Waals surface area contributed by atoms with E-state index in [-0.39, 0.29) is 13.2 Å². The first-order chi connectivity index (χ1) is 13.2. The Morgan fingerprint density at radius 1 is 1.07 bits per heavy atom. The number of hydrogen-bond donors (Lipinski definition) is 0. The summed E-state index contributed by atoms with van der Waals surface area (Å²) in [6, 6.07) is 12.1. The molecular weight excluding hydrogens is 375 g/mol. The van der Waals surface area contributed by atoms with E-state index in [0.29, 0.717) is 27.6 Å². The van der Waals surface area contributed by atoms with Crippen LogP contribution in [0.5, 0.6) is 0 Å². The summed E-state index contributed by atoms with van der Waals surface area (Å²) in [5.41, 5.74) is 2.22. The fraction of sp³-hybridized carbons (Fsp3) is 0.273. The Labute approximate surface area is 165 Å². The van der Waals surface area contributed by atoms with E-state index < -0.39 is 18.9 Å². The van der Waals surface area contributed by atoms with Crippen molar-refractivity contribution < 1.29 is 23.4 Å². The van der Waals surface area contributed by atoms with E-state index in [1.807, 2.05) is 0 Å². The quantitative estimate of drug-likeness (QED) is 0.365. The molecule has 0 bridgehead atoms. The third-order valence-corrected chi connectivity index (χ3v) is 6.56. The molecule has 0 spiro atoms. The van der Waals surface area contributed by atoms with E-state index in [1.165, 1.54) is 0 Å². The zero-order valence-corrected chi connectivity index (χ0v) is 17.5. The first-order valence-corrected chi connectivity index (χ1v) is 10.6.